The van der Waals surface area contributed by atoms with Crippen LogP contribution < -0.4 is 5.73 Å². The molecule has 0 bridgehead atoms. The molecule has 0 aliphatic heterocycles. The zero-order valence-electron chi connectivity index (χ0n) is 10.0. The molecule has 0 aliphatic carbocycles. The van der Waals surface area contributed by atoms with E-state index < -0.39 is 5.97 Å². The number of carboxylic acid groups (broad SMARTS) is 1. The summed E-state index contributed by atoms with van der Waals surface area (Å²) in [5.41, 5.74) is 8.16. The number of nitrogens with zero attached hydrogens (tertiary/aromatic N) is 3. The van der Waals surface area contributed by atoms with Crippen LogP contribution in [0.4, 0.5) is 5.69 Å². The number of nitrogen functional groups attached to an aromatic ring is 1. The molecule has 0 amide bonds. The molecule has 0 aliphatic rings. The van der Waals surface area contributed by atoms with Crippen molar-refractivity contribution in [1.82, 2.24) is 14.2 Å². The van der Waals surface area contributed by atoms with Gasteiger partial charge in [-0.25, -0.2) is 9.31 Å². The second kappa shape index (κ2) is 4.16. The molecule has 1 aromatic carbocycles. The molecule has 0 saturated heterocycles. The molecule has 3 aromatic rings. The second-order valence-electron chi connectivity index (χ2n) is 4.30. The average molecular weight is 256 g/mol. The summed E-state index contributed by atoms with van der Waals surface area (Å²) in [6, 6.07) is 7.49. The monoisotopic (exact) mass is 256 g/mol. The van der Waals surface area contributed by atoms with Gasteiger partial charge in [-0.2, -0.15) is 5.10 Å². The third-order valence-corrected chi connectivity index (χ3v) is 2.99. The van der Waals surface area contributed by atoms with Gasteiger partial charge in [0.15, 0.2) is 5.65 Å². The molecule has 19 heavy (non-hydrogen) atoms. The number of carbonyl (C=O) groups is 1. The molecular weight excluding hydrogens is 244 g/mol. The number of hydrogen-bond donors (Lipinski definition) is 2. The van der Waals surface area contributed by atoms with E-state index in [1.165, 1.54) is 6.20 Å². The number of anilines is 1. The first-order valence-corrected chi connectivity index (χ1v) is 5.75. The number of imidazole rings is 1. The Kier molecular flexibility index (Phi) is 2.49. The van der Waals surface area contributed by atoms with Gasteiger partial charge in [-0.1, -0.05) is 12.1 Å². The first kappa shape index (κ1) is 11.3. The molecule has 0 fully saturated rings. The van der Waals surface area contributed by atoms with E-state index in [2.05, 4.69) is 5.10 Å². The lowest BCUT2D eigenvalue weighted by Crippen LogP contribution is -2.03. The van der Waals surface area contributed by atoms with E-state index in [9.17, 15) is 4.79 Å². The number of aromatic carboxylic acids is 1. The fourth-order valence-corrected chi connectivity index (χ4v) is 2.06. The van der Waals surface area contributed by atoms with Gasteiger partial charge in [0.05, 0.1) is 6.20 Å². The van der Waals surface area contributed by atoms with Gasteiger partial charge >= 0.3 is 5.97 Å². The van der Waals surface area contributed by atoms with E-state index >= 15 is 0 Å². The van der Waals surface area contributed by atoms with Crippen molar-refractivity contribution in [2.24, 2.45) is 0 Å². The van der Waals surface area contributed by atoms with E-state index in [-0.39, 0.29) is 5.56 Å². The van der Waals surface area contributed by atoms with Gasteiger partial charge in [-0.3, -0.25) is 0 Å². The van der Waals surface area contributed by atoms with Crippen molar-refractivity contribution in [2.45, 2.75) is 6.54 Å². The summed E-state index contributed by atoms with van der Waals surface area (Å²) in [6.07, 6.45) is 4.90. The van der Waals surface area contributed by atoms with Crippen LogP contribution in [0.25, 0.3) is 5.65 Å². The number of hydrogen-bond acceptors (Lipinski definition) is 3. The van der Waals surface area contributed by atoms with Gasteiger partial charge in [0.2, 0.25) is 0 Å². The Morgan fingerprint density at radius 2 is 2.00 bits per heavy atom. The number of aromatic nitrogens is 3. The molecule has 3 N–H and O–H groups in total. The molecule has 0 saturated carbocycles. The summed E-state index contributed by atoms with van der Waals surface area (Å²) < 4.78 is 3.41. The summed E-state index contributed by atoms with van der Waals surface area (Å²) in [6.45, 7) is 0.572. The minimum Gasteiger partial charge on any atom is -0.477 e. The summed E-state index contributed by atoms with van der Waals surface area (Å²) in [5, 5.41) is 13.1. The summed E-state index contributed by atoms with van der Waals surface area (Å²) in [7, 11) is 0. The van der Waals surface area contributed by atoms with Gasteiger partial charge in [0.1, 0.15) is 5.56 Å². The maximum absolute atomic E-state index is 11.1. The van der Waals surface area contributed by atoms with Crippen molar-refractivity contribution in [1.29, 1.82) is 0 Å². The second-order valence-corrected chi connectivity index (χ2v) is 4.30. The summed E-state index contributed by atoms with van der Waals surface area (Å²) in [5.74, 6) is -0.979. The summed E-state index contributed by atoms with van der Waals surface area (Å²) in [4.78, 5) is 11.1. The number of nitrogens with two attached hydrogens (primary N) is 1. The molecule has 0 unspecified atom stereocenters. The lowest BCUT2D eigenvalue weighted by Gasteiger charge is -2.05. The zero-order valence-corrected chi connectivity index (χ0v) is 10.0. The highest BCUT2D eigenvalue weighted by Crippen LogP contribution is 2.15. The number of rotatable bonds is 3. The Labute approximate surface area is 108 Å². The minimum absolute atomic E-state index is 0.195. The largest absolute Gasteiger partial charge is 0.477 e. The fourth-order valence-electron chi connectivity index (χ4n) is 2.06. The van der Waals surface area contributed by atoms with Crippen molar-refractivity contribution >= 4 is 17.3 Å². The zero-order chi connectivity index (χ0) is 13.4. The van der Waals surface area contributed by atoms with E-state index in [1.807, 2.05) is 35.0 Å². The van der Waals surface area contributed by atoms with E-state index in [0.717, 1.165) is 5.56 Å². The average Bonchev–Trinajstić information content (AvgIpc) is 2.95. The lowest BCUT2D eigenvalue weighted by molar-refractivity contribution is 0.0698. The van der Waals surface area contributed by atoms with Crippen LogP contribution in [0, 0.1) is 0 Å². The highest BCUT2D eigenvalue weighted by atomic mass is 16.4. The van der Waals surface area contributed by atoms with Crippen LogP contribution >= 0.6 is 0 Å². The van der Waals surface area contributed by atoms with E-state index in [4.69, 9.17) is 10.8 Å². The minimum atomic E-state index is -0.979. The Bertz CT molecular complexity index is 740. The third-order valence-electron chi connectivity index (χ3n) is 2.99. The highest BCUT2D eigenvalue weighted by Gasteiger charge is 2.15. The van der Waals surface area contributed by atoms with E-state index in [0.29, 0.717) is 17.9 Å². The van der Waals surface area contributed by atoms with Gasteiger partial charge < -0.3 is 15.4 Å². The summed E-state index contributed by atoms with van der Waals surface area (Å²) >= 11 is 0. The molecule has 2 heterocycles. The van der Waals surface area contributed by atoms with Gasteiger partial charge in [-0.05, 0) is 17.7 Å². The van der Waals surface area contributed by atoms with Gasteiger partial charge in [0.25, 0.3) is 0 Å². The molecule has 0 spiro atoms. The molecule has 6 nitrogen and oxygen atoms in total. The van der Waals surface area contributed by atoms with Crippen LogP contribution in [0.2, 0.25) is 0 Å². The van der Waals surface area contributed by atoms with Crippen LogP contribution in [0.3, 0.4) is 0 Å². The smallest absolute Gasteiger partial charge is 0.341 e. The highest BCUT2D eigenvalue weighted by molar-refractivity contribution is 5.94. The Hall–Kier alpha value is -2.76. The SMILES string of the molecule is Nc1ccc(Cn2ccn3ncc(C(=O)O)c23)cc1. The normalized spacial score (nSPS) is 10.9. The van der Waals surface area contributed by atoms with Gasteiger partial charge in [0, 0.05) is 24.6 Å². The number of carboxylic acids is 1. The first-order chi connectivity index (χ1) is 9.15. The Balaban J connectivity index is 2.03. The topological polar surface area (TPSA) is 85.5 Å². The maximum Gasteiger partial charge on any atom is 0.341 e. The first-order valence-electron chi connectivity index (χ1n) is 5.75. The van der Waals surface area contributed by atoms with Crippen molar-refractivity contribution in [2.75, 3.05) is 5.73 Å². The van der Waals surface area contributed by atoms with Crippen LogP contribution in [-0.2, 0) is 6.54 Å². The molecular formula is C13H12N4O2. The Morgan fingerprint density at radius 3 is 2.68 bits per heavy atom. The molecule has 2 aromatic heterocycles. The predicted octanol–water partition coefficient (Wildman–Crippen LogP) is 1.46. The van der Waals surface area contributed by atoms with E-state index in [1.54, 1.807) is 10.7 Å². The lowest BCUT2D eigenvalue weighted by atomic mass is 10.2. The predicted molar refractivity (Wildman–Crippen MR) is 70.1 cm³/mol. The quantitative estimate of drug-likeness (QED) is 0.695. The maximum atomic E-state index is 11.1. The number of fused-ring (bicyclic) bond motifs is 1. The standard InChI is InChI=1S/C13H12N4O2/c14-10-3-1-9(2-4-10)8-16-5-6-17-12(16)11(7-15-17)13(18)19/h1-7H,8,14H2,(H,18,19). The van der Waals surface area contributed by atoms with Crippen LogP contribution in [0.1, 0.15) is 15.9 Å². The van der Waals surface area contributed by atoms with Gasteiger partial charge in [-0.15, -0.1) is 0 Å². The van der Waals surface area contributed by atoms with Crippen LogP contribution in [0.15, 0.2) is 42.9 Å². The molecule has 6 heteroatoms. The van der Waals surface area contributed by atoms with Crippen molar-refractivity contribution in [3.63, 3.8) is 0 Å². The van der Waals surface area contributed by atoms with Crippen molar-refractivity contribution in [3.8, 4) is 0 Å². The molecule has 3 rings (SSSR count). The molecule has 96 valence electrons. The van der Waals surface area contributed by atoms with Crippen LogP contribution in [-0.4, -0.2) is 25.3 Å². The van der Waals surface area contributed by atoms with Crippen molar-refractivity contribution in [3.05, 3.63) is 54.0 Å². The fraction of sp³-hybridized carbons (Fsp3) is 0.0769. The third kappa shape index (κ3) is 1.93. The Morgan fingerprint density at radius 1 is 1.26 bits per heavy atom. The number of benzene rings is 1. The van der Waals surface area contributed by atoms with Crippen LogP contribution in [0.5, 0.6) is 0 Å². The molecule has 0 atom stereocenters. The van der Waals surface area contributed by atoms with Crippen molar-refractivity contribution < 1.29 is 9.90 Å². The molecule has 0 radical (unpaired) electrons.